The van der Waals surface area contributed by atoms with E-state index in [1.54, 1.807) is 0 Å². The Kier molecular flexibility index (Phi) is 9.15. The Hall–Kier alpha value is -3.37. The van der Waals surface area contributed by atoms with E-state index >= 15 is 0 Å². The van der Waals surface area contributed by atoms with E-state index in [9.17, 15) is 4.79 Å². The number of fused-ring (bicyclic) bond motifs is 1. The summed E-state index contributed by atoms with van der Waals surface area (Å²) in [5, 5.41) is 0.409. The van der Waals surface area contributed by atoms with E-state index in [2.05, 4.69) is 108 Å². The van der Waals surface area contributed by atoms with Crippen molar-refractivity contribution in [2.45, 2.75) is 38.7 Å². The minimum absolute atomic E-state index is 0.207. The maximum absolute atomic E-state index is 11.5. The SMILES string of the molecule is CC1C=CC=C([C@H]2C=Cc3cc(OCc4ccccc4)ccc3[C@H]2c2ccc(OCCCC(=O)CBr)cc2)C1. The van der Waals surface area contributed by atoms with E-state index < -0.39 is 0 Å². The highest BCUT2D eigenvalue weighted by Gasteiger charge is 2.31. The fraction of sp³-hybridized carbons (Fsp3) is 0.286. The van der Waals surface area contributed by atoms with Crippen molar-refractivity contribution in [2.75, 3.05) is 11.9 Å². The first-order valence-corrected chi connectivity index (χ1v) is 14.9. The van der Waals surface area contributed by atoms with Gasteiger partial charge in [-0.05, 0) is 65.3 Å². The second kappa shape index (κ2) is 13.1. The number of ether oxygens (including phenoxy) is 2. The van der Waals surface area contributed by atoms with Crippen molar-refractivity contribution in [1.82, 2.24) is 0 Å². The first-order chi connectivity index (χ1) is 19.1. The van der Waals surface area contributed by atoms with Crippen molar-refractivity contribution in [2.24, 2.45) is 11.8 Å². The molecule has 3 atom stereocenters. The summed E-state index contributed by atoms with van der Waals surface area (Å²) in [4.78, 5) is 11.5. The number of hydrogen-bond acceptors (Lipinski definition) is 3. The molecule has 0 saturated carbocycles. The number of hydrogen-bond donors (Lipinski definition) is 0. The van der Waals surface area contributed by atoms with Gasteiger partial charge in [0.1, 0.15) is 23.9 Å². The molecule has 3 nitrogen and oxygen atoms in total. The molecule has 0 aliphatic heterocycles. The maximum atomic E-state index is 11.5. The normalized spacial score (nSPS) is 19.7. The van der Waals surface area contributed by atoms with E-state index in [1.807, 2.05) is 18.2 Å². The van der Waals surface area contributed by atoms with E-state index in [0.29, 0.717) is 36.8 Å². The summed E-state index contributed by atoms with van der Waals surface area (Å²) < 4.78 is 12.1. The van der Waals surface area contributed by atoms with Gasteiger partial charge in [-0.2, -0.15) is 0 Å². The van der Waals surface area contributed by atoms with Gasteiger partial charge in [0.2, 0.25) is 0 Å². The third kappa shape index (κ3) is 6.99. The number of rotatable bonds is 11. The lowest BCUT2D eigenvalue weighted by Crippen LogP contribution is -2.20. The van der Waals surface area contributed by atoms with Gasteiger partial charge in [0.25, 0.3) is 0 Å². The molecule has 2 aliphatic carbocycles. The van der Waals surface area contributed by atoms with Gasteiger partial charge in [0.15, 0.2) is 0 Å². The lowest BCUT2D eigenvalue weighted by atomic mass is 9.70. The van der Waals surface area contributed by atoms with Gasteiger partial charge >= 0.3 is 0 Å². The molecule has 0 heterocycles. The van der Waals surface area contributed by atoms with Crippen molar-refractivity contribution in [3.8, 4) is 11.5 Å². The number of alkyl halides is 1. The maximum Gasteiger partial charge on any atom is 0.143 e. The molecular weight excluding hydrogens is 548 g/mol. The topological polar surface area (TPSA) is 35.5 Å². The molecule has 0 N–H and O–H groups in total. The molecule has 1 unspecified atom stereocenters. The third-order valence-electron chi connectivity index (χ3n) is 7.48. The number of ketones is 1. The van der Waals surface area contributed by atoms with Crippen molar-refractivity contribution in [3.05, 3.63) is 125 Å². The largest absolute Gasteiger partial charge is 0.494 e. The zero-order valence-electron chi connectivity index (χ0n) is 22.4. The standard InChI is InChI=1S/C35H35BrO3/c1-25-7-5-10-28(21-25)33-18-14-29-22-32(39-24-26-8-3-2-4-9-26)17-19-34(29)35(33)27-12-15-31(16-13-27)38-20-6-11-30(37)23-36/h2-5,7-10,12-19,22,25,33,35H,6,11,20-21,23-24H2,1H3/t25?,33-,35+/m1/s1. The third-order valence-corrected chi connectivity index (χ3v) is 8.10. The van der Waals surface area contributed by atoms with Crippen LogP contribution in [0, 0.1) is 11.8 Å². The summed E-state index contributed by atoms with van der Waals surface area (Å²) in [6, 6.07) is 25.3. The molecule has 0 amide bonds. The van der Waals surface area contributed by atoms with Crippen molar-refractivity contribution in [3.63, 3.8) is 0 Å². The average molecular weight is 584 g/mol. The number of Topliss-reactive ketones (excluding diaryl/α,β-unsaturated/α-hetero) is 1. The molecular formula is C35H35BrO3. The Morgan fingerprint density at radius 1 is 0.949 bits per heavy atom. The molecule has 0 spiro atoms. The Balaban J connectivity index is 1.37. The first-order valence-electron chi connectivity index (χ1n) is 13.8. The Morgan fingerprint density at radius 3 is 2.51 bits per heavy atom. The van der Waals surface area contributed by atoms with Crippen LogP contribution < -0.4 is 9.47 Å². The number of carbonyl (C=O) groups is 1. The molecule has 2 aliphatic rings. The fourth-order valence-electron chi connectivity index (χ4n) is 5.47. The van der Waals surface area contributed by atoms with Crippen LogP contribution in [-0.4, -0.2) is 17.7 Å². The molecule has 39 heavy (non-hydrogen) atoms. The molecule has 0 bridgehead atoms. The van der Waals surface area contributed by atoms with Crippen molar-refractivity contribution in [1.29, 1.82) is 0 Å². The molecule has 3 aromatic rings. The lowest BCUT2D eigenvalue weighted by Gasteiger charge is -2.34. The molecule has 0 radical (unpaired) electrons. The van der Waals surface area contributed by atoms with Crippen LogP contribution in [0.1, 0.15) is 54.4 Å². The van der Waals surface area contributed by atoms with E-state index in [4.69, 9.17) is 9.47 Å². The van der Waals surface area contributed by atoms with Gasteiger partial charge in [-0.1, -0.05) is 107 Å². The summed E-state index contributed by atoms with van der Waals surface area (Å²) in [7, 11) is 0. The zero-order chi connectivity index (χ0) is 27.0. The summed E-state index contributed by atoms with van der Waals surface area (Å²) in [6.45, 7) is 3.38. The van der Waals surface area contributed by atoms with Crippen LogP contribution in [0.2, 0.25) is 0 Å². The van der Waals surface area contributed by atoms with Gasteiger partial charge in [0.05, 0.1) is 11.9 Å². The summed E-state index contributed by atoms with van der Waals surface area (Å²) in [5.41, 5.74) is 6.43. The predicted octanol–water partition coefficient (Wildman–Crippen LogP) is 8.69. The molecule has 200 valence electrons. The van der Waals surface area contributed by atoms with Gasteiger partial charge < -0.3 is 9.47 Å². The van der Waals surface area contributed by atoms with Crippen molar-refractivity contribution < 1.29 is 14.3 Å². The van der Waals surface area contributed by atoms with E-state index in [1.165, 1.54) is 22.3 Å². The lowest BCUT2D eigenvalue weighted by molar-refractivity contribution is -0.116. The van der Waals surface area contributed by atoms with E-state index in [-0.39, 0.29) is 11.7 Å². The van der Waals surface area contributed by atoms with Crippen LogP contribution in [0.15, 0.2) is 103 Å². The average Bonchev–Trinajstić information content (AvgIpc) is 2.98. The number of benzene rings is 3. The van der Waals surface area contributed by atoms with Crippen LogP contribution in [0.3, 0.4) is 0 Å². The van der Waals surface area contributed by atoms with E-state index in [0.717, 1.165) is 29.9 Å². The summed E-state index contributed by atoms with van der Waals surface area (Å²) in [6.07, 6.45) is 13.8. The van der Waals surface area contributed by atoms with Gasteiger partial charge in [-0.15, -0.1) is 0 Å². The summed E-state index contributed by atoms with van der Waals surface area (Å²) in [5.74, 6) is 2.98. The number of allylic oxidation sites excluding steroid dienone is 5. The molecule has 0 saturated heterocycles. The first kappa shape index (κ1) is 27.2. The summed E-state index contributed by atoms with van der Waals surface area (Å²) >= 11 is 3.22. The van der Waals surface area contributed by atoms with Crippen molar-refractivity contribution >= 4 is 27.8 Å². The van der Waals surface area contributed by atoms with Crippen LogP contribution in [0.4, 0.5) is 0 Å². The van der Waals surface area contributed by atoms with Gasteiger partial charge in [-0.25, -0.2) is 0 Å². The second-order valence-electron chi connectivity index (χ2n) is 10.4. The fourth-order valence-corrected chi connectivity index (χ4v) is 5.75. The zero-order valence-corrected chi connectivity index (χ0v) is 24.0. The van der Waals surface area contributed by atoms with Crippen LogP contribution in [0.25, 0.3) is 6.08 Å². The van der Waals surface area contributed by atoms with Crippen LogP contribution in [0.5, 0.6) is 11.5 Å². The smallest absolute Gasteiger partial charge is 0.143 e. The minimum atomic E-state index is 0.207. The number of halogens is 1. The highest BCUT2D eigenvalue weighted by atomic mass is 79.9. The Morgan fingerprint density at radius 2 is 1.74 bits per heavy atom. The number of carbonyl (C=O) groups excluding carboxylic acids is 1. The quantitative estimate of drug-likeness (QED) is 0.167. The van der Waals surface area contributed by atoms with Crippen LogP contribution >= 0.6 is 15.9 Å². The molecule has 0 fully saturated rings. The highest BCUT2D eigenvalue weighted by Crippen LogP contribution is 2.45. The molecule has 5 rings (SSSR count). The van der Waals surface area contributed by atoms with Crippen LogP contribution in [-0.2, 0) is 11.4 Å². The molecule has 0 aromatic heterocycles. The van der Waals surface area contributed by atoms with Gasteiger partial charge in [-0.3, -0.25) is 4.79 Å². The monoisotopic (exact) mass is 582 g/mol. The minimum Gasteiger partial charge on any atom is -0.494 e. The van der Waals surface area contributed by atoms with Gasteiger partial charge in [0, 0.05) is 18.3 Å². The molecule has 4 heteroatoms. The highest BCUT2D eigenvalue weighted by molar-refractivity contribution is 9.09. The Bertz CT molecular complexity index is 1350. The molecule has 3 aromatic carbocycles. The Labute approximate surface area is 240 Å². The second-order valence-corrected chi connectivity index (χ2v) is 11.0. The predicted molar refractivity (Wildman–Crippen MR) is 163 cm³/mol.